The number of methoxy groups -OCH3 is 1. The van der Waals surface area contributed by atoms with Crippen LogP contribution in [-0.2, 0) is 10.0 Å². The minimum atomic E-state index is -3.48. The highest BCUT2D eigenvalue weighted by Gasteiger charge is 2.50. The van der Waals surface area contributed by atoms with Crippen LogP contribution in [0.5, 0.6) is 5.75 Å². The lowest BCUT2D eigenvalue weighted by Gasteiger charge is -2.57. The summed E-state index contributed by atoms with van der Waals surface area (Å²) in [5, 5.41) is 1.89. The van der Waals surface area contributed by atoms with Crippen LogP contribution in [0.3, 0.4) is 0 Å². The van der Waals surface area contributed by atoms with E-state index < -0.39 is 10.0 Å². The van der Waals surface area contributed by atoms with Crippen LogP contribution in [0.4, 0.5) is 0 Å². The Morgan fingerprint density at radius 1 is 0.964 bits per heavy atom. The maximum absolute atomic E-state index is 12.8. The van der Waals surface area contributed by atoms with Crippen LogP contribution in [-0.4, -0.2) is 22.1 Å². The SMILES string of the molecule is COc1ccc2cc(S(=O)(=O)NCCC34CC5CC(CC(C5)C3)C4)ccc2c1. The molecule has 4 aliphatic rings. The molecule has 0 spiro atoms. The molecular weight excluding hydrogens is 370 g/mol. The third-order valence-corrected chi connectivity index (χ3v) is 8.90. The average molecular weight is 400 g/mol. The topological polar surface area (TPSA) is 55.4 Å². The van der Waals surface area contributed by atoms with Crippen molar-refractivity contribution in [3.63, 3.8) is 0 Å². The highest BCUT2D eigenvalue weighted by atomic mass is 32.2. The minimum absolute atomic E-state index is 0.343. The lowest BCUT2D eigenvalue weighted by molar-refractivity contribution is -0.0561. The minimum Gasteiger partial charge on any atom is -0.497 e. The fourth-order valence-electron chi connectivity index (χ4n) is 6.63. The van der Waals surface area contributed by atoms with Crippen molar-refractivity contribution in [3.05, 3.63) is 36.4 Å². The molecule has 0 aliphatic heterocycles. The fraction of sp³-hybridized carbons (Fsp3) is 0.565. The van der Waals surface area contributed by atoms with E-state index in [1.54, 1.807) is 19.2 Å². The first-order valence-corrected chi connectivity index (χ1v) is 12.0. The number of rotatable bonds is 6. The molecular formula is C23H29NO3S. The van der Waals surface area contributed by atoms with Gasteiger partial charge in [0.25, 0.3) is 0 Å². The van der Waals surface area contributed by atoms with Gasteiger partial charge in [0, 0.05) is 6.54 Å². The fourth-order valence-corrected chi connectivity index (χ4v) is 7.69. The molecule has 0 radical (unpaired) electrons. The molecule has 150 valence electrons. The molecule has 0 aromatic heterocycles. The molecule has 5 heteroatoms. The molecule has 28 heavy (non-hydrogen) atoms. The largest absolute Gasteiger partial charge is 0.497 e. The van der Waals surface area contributed by atoms with E-state index in [1.165, 1.54) is 38.5 Å². The first kappa shape index (κ1) is 18.4. The number of fused-ring (bicyclic) bond motifs is 1. The summed E-state index contributed by atoms with van der Waals surface area (Å²) in [4.78, 5) is 0.343. The second kappa shape index (κ2) is 6.74. The van der Waals surface area contributed by atoms with Gasteiger partial charge in [-0.1, -0.05) is 12.1 Å². The van der Waals surface area contributed by atoms with Gasteiger partial charge in [0.15, 0.2) is 0 Å². The predicted molar refractivity (Wildman–Crippen MR) is 111 cm³/mol. The molecule has 2 aromatic carbocycles. The molecule has 1 N–H and O–H groups in total. The van der Waals surface area contributed by atoms with Crippen LogP contribution < -0.4 is 9.46 Å². The molecule has 2 aromatic rings. The average Bonchev–Trinajstić information content (AvgIpc) is 2.65. The van der Waals surface area contributed by atoms with Crippen molar-refractivity contribution in [3.8, 4) is 5.75 Å². The van der Waals surface area contributed by atoms with Gasteiger partial charge in [-0.3, -0.25) is 0 Å². The van der Waals surface area contributed by atoms with E-state index in [9.17, 15) is 8.42 Å². The number of nitrogens with one attached hydrogen (secondary N) is 1. The Hall–Kier alpha value is -1.59. The van der Waals surface area contributed by atoms with Crippen LogP contribution in [0.2, 0.25) is 0 Å². The number of sulfonamides is 1. The Bertz CT molecular complexity index is 963. The monoisotopic (exact) mass is 399 g/mol. The number of hydrogen-bond donors (Lipinski definition) is 1. The number of benzene rings is 2. The Morgan fingerprint density at radius 3 is 2.21 bits per heavy atom. The first-order chi connectivity index (χ1) is 13.4. The zero-order chi connectivity index (χ0) is 19.4. The Balaban J connectivity index is 1.28. The van der Waals surface area contributed by atoms with Crippen molar-refractivity contribution >= 4 is 20.8 Å². The molecule has 4 aliphatic carbocycles. The van der Waals surface area contributed by atoms with E-state index in [0.29, 0.717) is 16.9 Å². The third-order valence-electron chi connectivity index (χ3n) is 7.44. The maximum Gasteiger partial charge on any atom is 0.240 e. The molecule has 6 rings (SSSR count). The third kappa shape index (κ3) is 3.33. The van der Waals surface area contributed by atoms with Crippen molar-refractivity contribution in [2.24, 2.45) is 23.2 Å². The van der Waals surface area contributed by atoms with E-state index in [1.807, 2.05) is 24.3 Å². The van der Waals surface area contributed by atoms with E-state index in [-0.39, 0.29) is 0 Å². The van der Waals surface area contributed by atoms with Crippen LogP contribution in [0.1, 0.15) is 44.9 Å². The molecule has 0 amide bonds. The van der Waals surface area contributed by atoms with Crippen LogP contribution in [0.15, 0.2) is 41.3 Å². The molecule has 4 fully saturated rings. The van der Waals surface area contributed by atoms with Gasteiger partial charge < -0.3 is 4.74 Å². The smallest absolute Gasteiger partial charge is 0.240 e. The van der Waals surface area contributed by atoms with E-state index in [2.05, 4.69) is 4.72 Å². The van der Waals surface area contributed by atoms with Crippen molar-refractivity contribution < 1.29 is 13.2 Å². The van der Waals surface area contributed by atoms with Gasteiger partial charge in [0.1, 0.15) is 5.75 Å². The van der Waals surface area contributed by atoms with Gasteiger partial charge in [-0.25, -0.2) is 13.1 Å². The van der Waals surface area contributed by atoms with Crippen LogP contribution in [0.25, 0.3) is 10.8 Å². The maximum atomic E-state index is 12.8. The summed E-state index contributed by atoms with van der Waals surface area (Å²) in [5.41, 5.74) is 0.400. The predicted octanol–water partition coefficient (Wildman–Crippen LogP) is 4.73. The highest BCUT2D eigenvalue weighted by Crippen LogP contribution is 2.61. The van der Waals surface area contributed by atoms with E-state index >= 15 is 0 Å². The molecule has 0 saturated heterocycles. The first-order valence-electron chi connectivity index (χ1n) is 10.5. The Labute approximate surface area is 167 Å². The molecule has 0 unspecified atom stereocenters. The van der Waals surface area contributed by atoms with Gasteiger partial charge >= 0.3 is 0 Å². The molecule has 0 atom stereocenters. The van der Waals surface area contributed by atoms with Gasteiger partial charge in [-0.05, 0) is 103 Å². The van der Waals surface area contributed by atoms with E-state index in [4.69, 9.17) is 4.74 Å². The molecule has 0 heterocycles. The van der Waals surface area contributed by atoms with Crippen LogP contribution >= 0.6 is 0 Å². The molecule has 4 saturated carbocycles. The standard InChI is InChI=1S/C23H29NO3S/c1-27-21-4-2-20-12-22(5-3-19(20)11-21)28(25,26)24-7-6-23-13-16-8-17(14-23)10-18(9-16)15-23/h2-5,11-12,16-18,24H,6-10,13-15H2,1H3. The Morgan fingerprint density at radius 2 is 1.57 bits per heavy atom. The number of hydrogen-bond acceptors (Lipinski definition) is 3. The quantitative estimate of drug-likeness (QED) is 0.764. The second-order valence-electron chi connectivity index (χ2n) is 9.44. The summed E-state index contributed by atoms with van der Waals surface area (Å²) < 4.78 is 33.8. The zero-order valence-corrected chi connectivity index (χ0v) is 17.3. The summed E-state index contributed by atoms with van der Waals surface area (Å²) in [6, 6.07) is 11.0. The summed E-state index contributed by atoms with van der Waals surface area (Å²) in [6.07, 6.45) is 9.21. The van der Waals surface area contributed by atoms with Crippen molar-refractivity contribution in [1.29, 1.82) is 0 Å². The van der Waals surface area contributed by atoms with Crippen molar-refractivity contribution in [2.75, 3.05) is 13.7 Å². The molecule has 4 nitrogen and oxygen atoms in total. The van der Waals surface area contributed by atoms with E-state index in [0.717, 1.165) is 40.7 Å². The van der Waals surface area contributed by atoms with Crippen molar-refractivity contribution in [2.45, 2.75) is 49.8 Å². The van der Waals surface area contributed by atoms with Crippen LogP contribution in [0, 0.1) is 23.2 Å². The summed E-state index contributed by atoms with van der Waals surface area (Å²) in [6.45, 7) is 0.551. The summed E-state index contributed by atoms with van der Waals surface area (Å²) >= 11 is 0. The normalized spacial score (nSPS) is 31.4. The lowest BCUT2D eigenvalue weighted by Crippen LogP contribution is -2.47. The van der Waals surface area contributed by atoms with Gasteiger partial charge in [-0.2, -0.15) is 0 Å². The summed E-state index contributed by atoms with van der Waals surface area (Å²) in [5.74, 6) is 3.48. The Kier molecular flexibility index (Phi) is 4.44. The number of ether oxygens (including phenoxy) is 1. The highest BCUT2D eigenvalue weighted by molar-refractivity contribution is 7.89. The molecule has 4 bridgehead atoms. The zero-order valence-electron chi connectivity index (χ0n) is 16.5. The van der Waals surface area contributed by atoms with Gasteiger partial charge in [0.2, 0.25) is 10.0 Å². The second-order valence-corrected chi connectivity index (χ2v) is 11.2. The van der Waals surface area contributed by atoms with Crippen molar-refractivity contribution in [1.82, 2.24) is 4.72 Å². The lowest BCUT2D eigenvalue weighted by atomic mass is 9.49. The van der Waals surface area contributed by atoms with Gasteiger partial charge in [-0.15, -0.1) is 0 Å². The summed E-state index contributed by atoms with van der Waals surface area (Å²) in [7, 11) is -1.85. The van der Waals surface area contributed by atoms with Gasteiger partial charge in [0.05, 0.1) is 12.0 Å².